The highest BCUT2D eigenvalue weighted by Crippen LogP contribution is 2.29. The Bertz CT molecular complexity index is 919. The van der Waals surface area contributed by atoms with Crippen LogP contribution in [-0.4, -0.2) is 41.3 Å². The molecule has 24 heavy (non-hydrogen) atoms. The van der Waals surface area contributed by atoms with Crippen LogP contribution in [0.3, 0.4) is 0 Å². The summed E-state index contributed by atoms with van der Waals surface area (Å²) in [6.45, 7) is 1.55. The van der Waals surface area contributed by atoms with Gasteiger partial charge in [-0.15, -0.1) is 0 Å². The zero-order chi connectivity index (χ0) is 16.8. The second-order valence-electron chi connectivity index (χ2n) is 6.34. The van der Waals surface area contributed by atoms with Crippen LogP contribution in [0.4, 0.5) is 0 Å². The molecular weight excluding hydrogens is 302 g/mol. The summed E-state index contributed by atoms with van der Waals surface area (Å²) >= 11 is 0. The minimum atomic E-state index is -0.0850. The number of benzene rings is 1. The van der Waals surface area contributed by atoms with Crippen LogP contribution in [0.2, 0.25) is 0 Å². The molecule has 0 unspecified atom stereocenters. The predicted molar refractivity (Wildman–Crippen MR) is 92.0 cm³/mol. The van der Waals surface area contributed by atoms with Crippen LogP contribution < -0.4 is 10.5 Å². The number of hydrogen-bond acceptors (Lipinski definition) is 3. The molecule has 5 heteroatoms. The van der Waals surface area contributed by atoms with E-state index in [0.717, 1.165) is 35.6 Å². The fraction of sp³-hybridized carbons (Fsp3) is 0.263. The number of carbonyl (C=O) groups is 1. The number of rotatable bonds is 3. The largest absolute Gasteiger partial charge is 0.497 e. The van der Waals surface area contributed by atoms with E-state index in [2.05, 4.69) is 10.8 Å². The third-order valence-corrected chi connectivity index (χ3v) is 4.80. The van der Waals surface area contributed by atoms with E-state index in [1.165, 1.54) is 5.56 Å². The molecule has 0 spiro atoms. The Labute approximate surface area is 140 Å². The summed E-state index contributed by atoms with van der Waals surface area (Å²) in [6, 6.07) is 7.91. The first-order chi connectivity index (χ1) is 11.6. The SMILES string of the molecule is COc1cccc(Cn2cc3c4c2C(=O)C(N)=CC4=[N+](C)CC3)c1. The fourth-order valence-electron chi connectivity index (χ4n) is 3.56. The number of nitrogens with zero attached hydrogens (tertiary/aromatic N) is 2. The van der Waals surface area contributed by atoms with Gasteiger partial charge in [-0.05, 0) is 23.3 Å². The number of aromatic nitrogens is 1. The second-order valence-corrected chi connectivity index (χ2v) is 6.34. The van der Waals surface area contributed by atoms with Gasteiger partial charge < -0.3 is 15.0 Å². The lowest BCUT2D eigenvalue weighted by Crippen LogP contribution is -2.32. The van der Waals surface area contributed by atoms with Crippen LogP contribution in [-0.2, 0) is 13.0 Å². The van der Waals surface area contributed by atoms with Crippen molar-refractivity contribution in [3.63, 3.8) is 0 Å². The topological polar surface area (TPSA) is 60.3 Å². The number of ketones is 1. The number of hydrogen-bond donors (Lipinski definition) is 1. The molecule has 0 atom stereocenters. The molecule has 0 saturated carbocycles. The van der Waals surface area contributed by atoms with Gasteiger partial charge >= 0.3 is 0 Å². The maximum absolute atomic E-state index is 12.7. The monoisotopic (exact) mass is 322 g/mol. The maximum atomic E-state index is 12.7. The predicted octanol–water partition coefficient (Wildman–Crippen LogP) is 1.57. The Morgan fingerprint density at radius 1 is 1.38 bits per heavy atom. The van der Waals surface area contributed by atoms with Crippen molar-refractivity contribution in [2.24, 2.45) is 5.73 Å². The summed E-state index contributed by atoms with van der Waals surface area (Å²) in [5.41, 5.74) is 11.4. The summed E-state index contributed by atoms with van der Waals surface area (Å²) in [5.74, 6) is 0.731. The Kier molecular flexibility index (Phi) is 3.30. The lowest BCUT2D eigenvalue weighted by molar-refractivity contribution is -0.497. The molecule has 2 aliphatic rings. The zero-order valence-electron chi connectivity index (χ0n) is 13.9. The molecule has 0 bridgehead atoms. The van der Waals surface area contributed by atoms with Crippen molar-refractivity contribution in [2.45, 2.75) is 13.0 Å². The van der Waals surface area contributed by atoms with Crippen LogP contribution in [0.5, 0.6) is 5.75 Å². The molecule has 2 aromatic rings. The lowest BCUT2D eigenvalue weighted by Gasteiger charge is -2.17. The molecule has 1 aliphatic heterocycles. The van der Waals surface area contributed by atoms with E-state index in [1.807, 2.05) is 42.0 Å². The Morgan fingerprint density at radius 2 is 2.21 bits per heavy atom. The third-order valence-electron chi connectivity index (χ3n) is 4.80. The van der Waals surface area contributed by atoms with Gasteiger partial charge in [0.1, 0.15) is 25.0 Å². The number of likely N-dealkylation sites (N-methyl/N-ethyl adjacent to an activating group) is 1. The number of ether oxygens (including phenoxy) is 1. The van der Waals surface area contributed by atoms with Gasteiger partial charge in [0.2, 0.25) is 11.5 Å². The number of methoxy groups -OCH3 is 1. The average molecular weight is 322 g/mol. The highest BCUT2D eigenvalue weighted by Gasteiger charge is 2.36. The third kappa shape index (κ3) is 2.16. The van der Waals surface area contributed by atoms with E-state index < -0.39 is 0 Å². The molecule has 5 nitrogen and oxygen atoms in total. The number of carbonyl (C=O) groups excluding carboxylic acids is 1. The van der Waals surface area contributed by atoms with Gasteiger partial charge in [0.25, 0.3) is 0 Å². The molecule has 122 valence electrons. The van der Waals surface area contributed by atoms with E-state index >= 15 is 0 Å². The van der Waals surface area contributed by atoms with Crippen LogP contribution in [0.15, 0.2) is 42.2 Å². The molecule has 0 amide bonds. The Balaban J connectivity index is 1.83. The van der Waals surface area contributed by atoms with Crippen molar-refractivity contribution < 1.29 is 14.1 Å². The summed E-state index contributed by atoms with van der Waals surface area (Å²) in [5, 5.41) is 0. The highest BCUT2D eigenvalue weighted by atomic mass is 16.5. The van der Waals surface area contributed by atoms with Gasteiger partial charge in [0.05, 0.1) is 18.4 Å². The molecule has 1 aromatic carbocycles. The van der Waals surface area contributed by atoms with Gasteiger partial charge in [-0.25, -0.2) is 4.58 Å². The first-order valence-electron chi connectivity index (χ1n) is 8.03. The first kappa shape index (κ1) is 14.8. The van der Waals surface area contributed by atoms with Crippen molar-refractivity contribution in [1.82, 2.24) is 4.57 Å². The number of Topliss-reactive ketones (excluding diaryl/α,β-unsaturated/α-hetero) is 1. The van der Waals surface area contributed by atoms with Crippen molar-refractivity contribution in [3.8, 4) is 5.75 Å². The number of allylic oxidation sites excluding steroid dienone is 2. The van der Waals surface area contributed by atoms with Crippen molar-refractivity contribution in [3.05, 3.63) is 64.6 Å². The summed E-state index contributed by atoms with van der Waals surface area (Å²) in [4.78, 5) is 12.7. The van der Waals surface area contributed by atoms with Gasteiger partial charge in [-0.3, -0.25) is 4.79 Å². The first-order valence-corrected chi connectivity index (χ1v) is 8.03. The van der Waals surface area contributed by atoms with E-state index in [1.54, 1.807) is 7.11 Å². The molecule has 1 aromatic heterocycles. The Morgan fingerprint density at radius 3 is 3.00 bits per heavy atom. The van der Waals surface area contributed by atoms with E-state index in [4.69, 9.17) is 10.5 Å². The maximum Gasteiger partial charge on any atom is 0.226 e. The fourth-order valence-corrected chi connectivity index (χ4v) is 3.56. The van der Waals surface area contributed by atoms with E-state index in [-0.39, 0.29) is 5.78 Å². The Hall–Kier alpha value is -2.82. The molecule has 0 radical (unpaired) electrons. The zero-order valence-corrected chi connectivity index (χ0v) is 13.9. The van der Waals surface area contributed by atoms with Gasteiger partial charge in [0, 0.05) is 25.2 Å². The summed E-state index contributed by atoms with van der Waals surface area (Å²) in [6.07, 6.45) is 4.85. The van der Waals surface area contributed by atoms with Gasteiger partial charge in [-0.2, -0.15) is 0 Å². The van der Waals surface area contributed by atoms with Crippen LogP contribution in [0, 0.1) is 0 Å². The van der Waals surface area contributed by atoms with E-state index in [9.17, 15) is 4.79 Å². The van der Waals surface area contributed by atoms with Gasteiger partial charge in [0.15, 0.2) is 0 Å². The average Bonchev–Trinajstić information content (AvgIpc) is 2.94. The summed E-state index contributed by atoms with van der Waals surface area (Å²) < 4.78 is 9.49. The lowest BCUT2D eigenvalue weighted by atomic mass is 9.92. The molecule has 1 aliphatic carbocycles. The van der Waals surface area contributed by atoms with Crippen LogP contribution in [0.1, 0.15) is 27.2 Å². The molecule has 0 fully saturated rings. The minimum absolute atomic E-state index is 0.0850. The van der Waals surface area contributed by atoms with Crippen molar-refractivity contribution in [2.75, 3.05) is 20.7 Å². The molecule has 2 heterocycles. The second kappa shape index (κ2) is 5.37. The van der Waals surface area contributed by atoms with Crippen molar-refractivity contribution in [1.29, 1.82) is 0 Å². The van der Waals surface area contributed by atoms with Crippen molar-refractivity contribution >= 4 is 11.5 Å². The molecule has 0 saturated heterocycles. The van der Waals surface area contributed by atoms with Crippen LogP contribution >= 0.6 is 0 Å². The number of nitrogens with two attached hydrogens (primary N) is 1. The normalized spacial score (nSPS) is 16.1. The van der Waals surface area contributed by atoms with Gasteiger partial charge in [-0.1, -0.05) is 12.1 Å². The van der Waals surface area contributed by atoms with E-state index in [0.29, 0.717) is 17.9 Å². The van der Waals surface area contributed by atoms with Crippen LogP contribution in [0.25, 0.3) is 0 Å². The standard InChI is InChI=1S/C19H19N3O2/c1-21-7-6-13-11-22(10-12-4-3-5-14(8-12)24-2)18-17(13)16(21)9-15(20)19(18)23/h3-5,8-9,11,20H,6-7,10H2,1-2H3/p+1. The summed E-state index contributed by atoms with van der Waals surface area (Å²) in [7, 11) is 3.70. The molecular formula is C19H20N3O2+. The quantitative estimate of drug-likeness (QED) is 0.873. The minimum Gasteiger partial charge on any atom is -0.497 e. The highest BCUT2D eigenvalue weighted by molar-refractivity contribution is 6.24. The molecule has 2 N–H and O–H groups in total. The smallest absolute Gasteiger partial charge is 0.226 e. The molecule has 4 rings (SSSR count).